The highest BCUT2D eigenvalue weighted by Crippen LogP contribution is 2.36. The van der Waals surface area contributed by atoms with Gasteiger partial charge in [0.05, 0.1) is 13.5 Å². The van der Waals surface area contributed by atoms with E-state index in [0.29, 0.717) is 6.42 Å². The number of hydrogen-bond donors (Lipinski definition) is 1. The number of methoxy groups -OCH3 is 1. The first-order valence-electron chi connectivity index (χ1n) is 6.58. The standard InChI is InChI=1S/C15H22BrNO2/c1-4-13(17)15(5-2,10-14(18)19-3)11-6-8-12(16)9-7-11/h6-9,13H,4-5,10,17H2,1-3H3. The molecule has 1 aromatic carbocycles. The highest BCUT2D eigenvalue weighted by atomic mass is 79.9. The second-order valence-corrected chi connectivity index (χ2v) is 5.70. The third-order valence-electron chi connectivity index (χ3n) is 3.89. The normalized spacial score (nSPS) is 15.6. The zero-order chi connectivity index (χ0) is 14.5. The number of carbonyl (C=O) groups is 1. The van der Waals surface area contributed by atoms with Gasteiger partial charge in [-0.1, -0.05) is 41.9 Å². The average Bonchev–Trinajstić information content (AvgIpc) is 2.44. The molecule has 4 heteroatoms. The molecule has 0 aromatic heterocycles. The van der Waals surface area contributed by atoms with Crippen molar-refractivity contribution in [3.05, 3.63) is 34.3 Å². The molecule has 0 amide bonds. The minimum atomic E-state index is -0.359. The van der Waals surface area contributed by atoms with E-state index in [1.165, 1.54) is 7.11 Å². The molecule has 1 aromatic rings. The molecule has 2 N–H and O–H groups in total. The summed E-state index contributed by atoms with van der Waals surface area (Å²) >= 11 is 3.43. The van der Waals surface area contributed by atoms with Crippen LogP contribution in [0, 0.1) is 0 Å². The van der Waals surface area contributed by atoms with Gasteiger partial charge < -0.3 is 10.5 Å². The van der Waals surface area contributed by atoms with Gasteiger partial charge in [0.1, 0.15) is 0 Å². The van der Waals surface area contributed by atoms with Crippen LogP contribution >= 0.6 is 15.9 Å². The van der Waals surface area contributed by atoms with Crippen LogP contribution in [0.3, 0.4) is 0 Å². The lowest BCUT2D eigenvalue weighted by atomic mass is 9.69. The lowest BCUT2D eigenvalue weighted by molar-refractivity contribution is -0.142. The number of benzene rings is 1. The molecule has 0 saturated carbocycles. The van der Waals surface area contributed by atoms with Gasteiger partial charge in [0.2, 0.25) is 0 Å². The Balaban J connectivity index is 3.22. The Morgan fingerprint density at radius 3 is 2.37 bits per heavy atom. The van der Waals surface area contributed by atoms with Gasteiger partial charge in [-0.05, 0) is 30.5 Å². The van der Waals surface area contributed by atoms with E-state index in [-0.39, 0.29) is 17.4 Å². The molecule has 0 saturated heterocycles. The quantitative estimate of drug-likeness (QED) is 0.815. The molecule has 0 fully saturated rings. The largest absolute Gasteiger partial charge is 0.469 e. The summed E-state index contributed by atoms with van der Waals surface area (Å²) in [6, 6.07) is 7.97. The molecular formula is C15H22BrNO2. The summed E-state index contributed by atoms with van der Waals surface area (Å²) in [6.07, 6.45) is 1.94. The lowest BCUT2D eigenvalue weighted by Crippen LogP contribution is -2.46. The van der Waals surface area contributed by atoms with Crippen LogP contribution in [0.2, 0.25) is 0 Å². The van der Waals surface area contributed by atoms with Crippen LogP contribution in [-0.2, 0) is 14.9 Å². The Morgan fingerprint density at radius 1 is 1.37 bits per heavy atom. The van der Waals surface area contributed by atoms with Crippen molar-refractivity contribution >= 4 is 21.9 Å². The van der Waals surface area contributed by atoms with Gasteiger partial charge in [-0.25, -0.2) is 0 Å². The van der Waals surface area contributed by atoms with Crippen LogP contribution in [0.5, 0.6) is 0 Å². The van der Waals surface area contributed by atoms with E-state index in [4.69, 9.17) is 10.5 Å². The van der Waals surface area contributed by atoms with Crippen molar-refractivity contribution in [1.29, 1.82) is 0 Å². The maximum Gasteiger partial charge on any atom is 0.306 e. The number of ether oxygens (including phenoxy) is 1. The van der Waals surface area contributed by atoms with Crippen LogP contribution in [0.1, 0.15) is 38.7 Å². The number of hydrogen-bond acceptors (Lipinski definition) is 3. The minimum Gasteiger partial charge on any atom is -0.469 e. The van der Waals surface area contributed by atoms with Crippen molar-refractivity contribution in [3.8, 4) is 0 Å². The molecule has 1 rings (SSSR count). The van der Waals surface area contributed by atoms with Crippen molar-refractivity contribution < 1.29 is 9.53 Å². The molecule has 0 aliphatic carbocycles. The summed E-state index contributed by atoms with van der Waals surface area (Å²) in [4.78, 5) is 11.8. The molecule has 0 spiro atoms. The molecule has 0 aliphatic rings. The summed E-state index contributed by atoms with van der Waals surface area (Å²) in [6.45, 7) is 4.12. The molecule has 2 unspecified atom stereocenters. The van der Waals surface area contributed by atoms with Crippen molar-refractivity contribution in [1.82, 2.24) is 0 Å². The Labute approximate surface area is 123 Å². The summed E-state index contributed by atoms with van der Waals surface area (Å²) in [5.41, 5.74) is 7.05. The minimum absolute atomic E-state index is 0.0715. The van der Waals surface area contributed by atoms with E-state index in [1.54, 1.807) is 0 Å². The molecule has 3 nitrogen and oxygen atoms in total. The van der Waals surface area contributed by atoms with Gasteiger partial charge in [-0.15, -0.1) is 0 Å². The topological polar surface area (TPSA) is 52.3 Å². The summed E-state index contributed by atoms with van der Waals surface area (Å²) in [5, 5.41) is 0. The van der Waals surface area contributed by atoms with E-state index in [2.05, 4.69) is 22.9 Å². The van der Waals surface area contributed by atoms with Crippen molar-refractivity contribution in [2.45, 2.75) is 44.6 Å². The van der Waals surface area contributed by atoms with Gasteiger partial charge in [-0.3, -0.25) is 4.79 Å². The average molecular weight is 328 g/mol. The number of carbonyl (C=O) groups excluding carboxylic acids is 1. The number of rotatable bonds is 6. The first-order valence-corrected chi connectivity index (χ1v) is 7.37. The second kappa shape index (κ2) is 7.06. The molecule has 19 heavy (non-hydrogen) atoms. The third-order valence-corrected chi connectivity index (χ3v) is 4.42. The first-order chi connectivity index (χ1) is 9.00. The van der Waals surface area contributed by atoms with Crippen molar-refractivity contribution in [3.63, 3.8) is 0 Å². The van der Waals surface area contributed by atoms with Gasteiger partial charge >= 0.3 is 5.97 Å². The first kappa shape index (κ1) is 16.2. The molecule has 0 bridgehead atoms. The molecule has 106 valence electrons. The zero-order valence-corrected chi connectivity index (χ0v) is 13.4. The van der Waals surface area contributed by atoms with Gasteiger partial charge in [-0.2, -0.15) is 0 Å². The third kappa shape index (κ3) is 3.57. The Kier molecular flexibility index (Phi) is 6.01. The van der Waals surface area contributed by atoms with E-state index in [0.717, 1.165) is 22.9 Å². The number of nitrogens with two attached hydrogens (primary N) is 1. The van der Waals surface area contributed by atoms with E-state index in [9.17, 15) is 4.79 Å². The number of esters is 1. The Hall–Kier alpha value is -0.870. The molecule has 0 radical (unpaired) electrons. The molecule has 2 atom stereocenters. The summed E-state index contributed by atoms with van der Waals surface area (Å²) < 4.78 is 5.86. The van der Waals surface area contributed by atoms with E-state index in [1.807, 2.05) is 31.2 Å². The molecule has 0 aliphatic heterocycles. The van der Waals surface area contributed by atoms with E-state index < -0.39 is 0 Å². The fourth-order valence-electron chi connectivity index (χ4n) is 2.54. The van der Waals surface area contributed by atoms with Gasteiger partial charge in [0, 0.05) is 15.9 Å². The number of halogens is 1. The molecular weight excluding hydrogens is 306 g/mol. The maximum absolute atomic E-state index is 11.8. The van der Waals surface area contributed by atoms with Gasteiger partial charge in [0.25, 0.3) is 0 Å². The second-order valence-electron chi connectivity index (χ2n) is 4.78. The molecule has 0 heterocycles. The fraction of sp³-hybridized carbons (Fsp3) is 0.533. The zero-order valence-electron chi connectivity index (χ0n) is 11.8. The highest BCUT2D eigenvalue weighted by molar-refractivity contribution is 9.10. The van der Waals surface area contributed by atoms with Gasteiger partial charge in [0.15, 0.2) is 0 Å². The van der Waals surface area contributed by atoms with Crippen LogP contribution in [0.25, 0.3) is 0 Å². The Bertz CT molecular complexity index is 419. The fourth-order valence-corrected chi connectivity index (χ4v) is 2.81. The maximum atomic E-state index is 11.8. The van der Waals surface area contributed by atoms with Crippen LogP contribution in [0.15, 0.2) is 28.7 Å². The van der Waals surface area contributed by atoms with Crippen molar-refractivity contribution in [2.24, 2.45) is 5.73 Å². The van der Waals surface area contributed by atoms with Crippen LogP contribution in [-0.4, -0.2) is 19.1 Å². The predicted molar refractivity (Wildman–Crippen MR) is 81.0 cm³/mol. The van der Waals surface area contributed by atoms with Crippen LogP contribution in [0.4, 0.5) is 0 Å². The summed E-state index contributed by atoms with van der Waals surface area (Å²) in [7, 11) is 1.42. The monoisotopic (exact) mass is 327 g/mol. The van der Waals surface area contributed by atoms with Crippen LogP contribution < -0.4 is 5.73 Å². The Morgan fingerprint density at radius 2 is 1.95 bits per heavy atom. The SMILES string of the molecule is CCC(N)C(CC)(CC(=O)OC)c1ccc(Br)cc1. The smallest absolute Gasteiger partial charge is 0.306 e. The predicted octanol–water partition coefficient (Wildman–Crippen LogP) is 3.40. The summed E-state index contributed by atoms with van der Waals surface area (Å²) in [5.74, 6) is -0.214. The highest BCUT2D eigenvalue weighted by Gasteiger charge is 2.38. The van der Waals surface area contributed by atoms with E-state index >= 15 is 0 Å². The lowest BCUT2D eigenvalue weighted by Gasteiger charge is -2.37. The van der Waals surface area contributed by atoms with Crippen molar-refractivity contribution in [2.75, 3.05) is 7.11 Å².